The van der Waals surface area contributed by atoms with E-state index in [-0.39, 0.29) is 5.91 Å². The Bertz CT molecular complexity index is 770. The lowest BCUT2D eigenvalue weighted by atomic mass is 9.95. The van der Waals surface area contributed by atoms with E-state index in [4.69, 9.17) is 4.52 Å². The number of carbonyl (C=O) groups excluding carboxylic acids is 1. The molecular formula is C20H27N3O2S. The highest BCUT2D eigenvalue weighted by Crippen LogP contribution is 2.30. The number of hydrogen-bond donors (Lipinski definition) is 1. The summed E-state index contributed by atoms with van der Waals surface area (Å²) in [5, 5.41) is 9.38. The van der Waals surface area contributed by atoms with Crippen LogP contribution in [-0.2, 0) is 19.5 Å². The summed E-state index contributed by atoms with van der Waals surface area (Å²) < 4.78 is 5.29. The number of thiophene rings is 1. The molecule has 1 saturated carbocycles. The Hall–Kier alpha value is -1.66. The highest BCUT2D eigenvalue weighted by molar-refractivity contribution is 7.10. The van der Waals surface area contributed by atoms with E-state index in [1.807, 2.05) is 13.8 Å². The summed E-state index contributed by atoms with van der Waals surface area (Å²) in [4.78, 5) is 16.5. The van der Waals surface area contributed by atoms with Crippen LogP contribution in [0, 0.1) is 13.8 Å². The van der Waals surface area contributed by atoms with Gasteiger partial charge in [-0.1, -0.05) is 24.4 Å². The van der Waals surface area contributed by atoms with Crippen molar-refractivity contribution in [1.29, 1.82) is 0 Å². The Balaban J connectivity index is 1.42. The molecular weight excluding hydrogens is 346 g/mol. The molecule has 0 spiro atoms. The van der Waals surface area contributed by atoms with E-state index in [1.54, 1.807) is 11.3 Å². The highest BCUT2D eigenvalue weighted by atomic mass is 32.1. The third kappa shape index (κ3) is 3.58. The summed E-state index contributed by atoms with van der Waals surface area (Å²) >= 11 is 1.73. The maximum absolute atomic E-state index is 12.7. The predicted molar refractivity (Wildman–Crippen MR) is 102 cm³/mol. The van der Waals surface area contributed by atoms with Crippen molar-refractivity contribution in [2.45, 2.75) is 71.5 Å². The number of nitrogens with one attached hydrogen (secondary N) is 1. The average Bonchev–Trinajstić information content (AvgIpc) is 3.20. The van der Waals surface area contributed by atoms with Gasteiger partial charge in [0.15, 0.2) is 0 Å². The first-order valence-electron chi connectivity index (χ1n) is 9.66. The van der Waals surface area contributed by atoms with Crippen LogP contribution in [0.2, 0.25) is 0 Å². The molecule has 1 amide bonds. The van der Waals surface area contributed by atoms with Crippen LogP contribution < -0.4 is 5.32 Å². The molecule has 1 aliphatic heterocycles. The number of carbonyl (C=O) groups is 1. The highest BCUT2D eigenvalue weighted by Gasteiger charge is 2.26. The van der Waals surface area contributed by atoms with E-state index < -0.39 is 0 Å². The van der Waals surface area contributed by atoms with E-state index in [0.29, 0.717) is 6.04 Å². The van der Waals surface area contributed by atoms with Crippen molar-refractivity contribution in [2.24, 2.45) is 0 Å². The van der Waals surface area contributed by atoms with Crippen molar-refractivity contribution in [2.75, 3.05) is 6.54 Å². The van der Waals surface area contributed by atoms with Gasteiger partial charge in [0.25, 0.3) is 5.91 Å². The van der Waals surface area contributed by atoms with Gasteiger partial charge in [0.1, 0.15) is 5.76 Å². The molecule has 4 rings (SSSR count). The normalized spacial score (nSPS) is 18.7. The summed E-state index contributed by atoms with van der Waals surface area (Å²) in [7, 11) is 0. The van der Waals surface area contributed by atoms with Gasteiger partial charge in [-0.15, -0.1) is 11.3 Å². The minimum Gasteiger partial charge on any atom is -0.361 e. The molecule has 2 aliphatic rings. The number of hydrogen-bond acceptors (Lipinski definition) is 5. The molecule has 26 heavy (non-hydrogen) atoms. The summed E-state index contributed by atoms with van der Waals surface area (Å²) in [6.45, 7) is 6.71. The molecule has 1 N–H and O–H groups in total. The zero-order valence-electron chi connectivity index (χ0n) is 15.6. The first-order valence-corrected chi connectivity index (χ1v) is 10.5. The summed E-state index contributed by atoms with van der Waals surface area (Å²) in [5.74, 6) is 1.04. The predicted octanol–water partition coefficient (Wildman–Crippen LogP) is 3.97. The standard InChI is InChI=1S/C20H27N3O2S/c1-13-17(14(2)25-22-13)10-23-9-8-16-18(12-26-19(16)11-23)20(24)21-15-6-4-3-5-7-15/h12,15H,3-11H2,1-2H3,(H,21,24). The molecule has 0 radical (unpaired) electrons. The van der Waals surface area contributed by atoms with Gasteiger partial charge >= 0.3 is 0 Å². The fraction of sp³-hybridized carbons (Fsp3) is 0.600. The first kappa shape index (κ1) is 17.7. The lowest BCUT2D eigenvalue weighted by Gasteiger charge is -2.27. The zero-order valence-corrected chi connectivity index (χ0v) is 16.5. The van der Waals surface area contributed by atoms with Gasteiger partial charge in [-0.2, -0.15) is 0 Å². The van der Waals surface area contributed by atoms with Crippen molar-refractivity contribution in [1.82, 2.24) is 15.4 Å². The summed E-state index contributed by atoms with van der Waals surface area (Å²) in [6.07, 6.45) is 6.98. The number of aryl methyl sites for hydroxylation is 2. The summed E-state index contributed by atoms with van der Waals surface area (Å²) in [6, 6.07) is 0.367. The van der Waals surface area contributed by atoms with Crippen LogP contribution in [-0.4, -0.2) is 28.6 Å². The fourth-order valence-electron chi connectivity index (χ4n) is 4.17. The van der Waals surface area contributed by atoms with E-state index in [1.165, 1.54) is 35.3 Å². The van der Waals surface area contributed by atoms with Crippen LogP contribution in [0.15, 0.2) is 9.90 Å². The van der Waals surface area contributed by atoms with Crippen LogP contribution in [0.25, 0.3) is 0 Å². The van der Waals surface area contributed by atoms with E-state index in [9.17, 15) is 4.79 Å². The van der Waals surface area contributed by atoms with E-state index in [2.05, 4.69) is 20.8 Å². The molecule has 3 heterocycles. The maximum Gasteiger partial charge on any atom is 0.252 e. The molecule has 6 heteroatoms. The second-order valence-corrected chi connectivity index (χ2v) is 8.59. The second kappa shape index (κ2) is 7.53. The van der Waals surface area contributed by atoms with Gasteiger partial charge < -0.3 is 9.84 Å². The van der Waals surface area contributed by atoms with Gasteiger partial charge in [0.2, 0.25) is 0 Å². The molecule has 0 aromatic carbocycles. The molecule has 1 fully saturated rings. The number of aromatic nitrogens is 1. The third-order valence-corrected chi connectivity index (χ3v) is 6.79. The minimum atomic E-state index is 0.133. The third-order valence-electron chi connectivity index (χ3n) is 5.77. The fourth-order valence-corrected chi connectivity index (χ4v) is 5.29. The van der Waals surface area contributed by atoms with Gasteiger partial charge in [-0.25, -0.2) is 0 Å². The van der Waals surface area contributed by atoms with Crippen molar-refractivity contribution in [3.63, 3.8) is 0 Å². The minimum absolute atomic E-state index is 0.133. The van der Waals surface area contributed by atoms with Gasteiger partial charge in [-0.05, 0) is 38.7 Å². The second-order valence-electron chi connectivity index (χ2n) is 7.62. The van der Waals surface area contributed by atoms with Gasteiger partial charge in [0.05, 0.1) is 11.3 Å². The molecule has 0 saturated heterocycles. The Morgan fingerprint density at radius 1 is 1.35 bits per heavy atom. The molecule has 0 bridgehead atoms. The SMILES string of the molecule is Cc1noc(C)c1CN1CCc2c(C(=O)NC3CCCCC3)csc2C1. The lowest BCUT2D eigenvalue weighted by molar-refractivity contribution is 0.0926. The first-order chi connectivity index (χ1) is 12.6. The van der Waals surface area contributed by atoms with Crippen LogP contribution in [0.5, 0.6) is 0 Å². The lowest BCUT2D eigenvalue weighted by Crippen LogP contribution is -2.37. The zero-order chi connectivity index (χ0) is 18.1. The Labute approximate surface area is 158 Å². The van der Waals surface area contributed by atoms with Gasteiger partial charge in [-0.3, -0.25) is 9.69 Å². The maximum atomic E-state index is 12.7. The van der Waals surface area contributed by atoms with Crippen LogP contribution in [0.4, 0.5) is 0 Å². The quantitative estimate of drug-likeness (QED) is 0.881. The largest absolute Gasteiger partial charge is 0.361 e. The molecule has 0 unspecified atom stereocenters. The smallest absolute Gasteiger partial charge is 0.252 e. The molecule has 2 aromatic heterocycles. The number of rotatable bonds is 4. The molecule has 0 atom stereocenters. The number of amides is 1. The van der Waals surface area contributed by atoms with Crippen LogP contribution >= 0.6 is 11.3 Å². The van der Waals surface area contributed by atoms with Gasteiger partial charge in [0, 0.05) is 41.5 Å². The molecule has 140 valence electrons. The Morgan fingerprint density at radius 2 is 2.15 bits per heavy atom. The van der Waals surface area contributed by atoms with Crippen LogP contribution in [0.1, 0.15) is 69.9 Å². The Morgan fingerprint density at radius 3 is 2.88 bits per heavy atom. The topological polar surface area (TPSA) is 58.4 Å². The molecule has 5 nitrogen and oxygen atoms in total. The average molecular weight is 374 g/mol. The van der Waals surface area contributed by atoms with E-state index >= 15 is 0 Å². The molecule has 2 aromatic rings. The summed E-state index contributed by atoms with van der Waals surface area (Å²) in [5.41, 5.74) is 4.35. The van der Waals surface area contributed by atoms with Crippen molar-refractivity contribution in [3.8, 4) is 0 Å². The molecule has 1 aliphatic carbocycles. The van der Waals surface area contributed by atoms with Crippen LogP contribution in [0.3, 0.4) is 0 Å². The van der Waals surface area contributed by atoms with Crippen molar-refractivity contribution >= 4 is 17.2 Å². The number of fused-ring (bicyclic) bond motifs is 1. The van der Waals surface area contributed by atoms with Crippen molar-refractivity contribution < 1.29 is 9.32 Å². The Kier molecular flexibility index (Phi) is 5.14. The van der Waals surface area contributed by atoms with Crippen molar-refractivity contribution in [3.05, 3.63) is 38.4 Å². The number of nitrogens with zero attached hydrogens (tertiary/aromatic N) is 2. The van der Waals surface area contributed by atoms with E-state index in [0.717, 1.165) is 55.9 Å². The monoisotopic (exact) mass is 373 g/mol.